The maximum atomic E-state index is 12.5. The minimum atomic E-state index is -0.394. The number of hydrazine groups is 1. The predicted molar refractivity (Wildman–Crippen MR) is 94.2 cm³/mol. The molecule has 0 fully saturated rings. The summed E-state index contributed by atoms with van der Waals surface area (Å²) in [5, 5.41) is 0. The van der Waals surface area contributed by atoms with Crippen molar-refractivity contribution >= 4 is 17.2 Å². The van der Waals surface area contributed by atoms with Crippen LogP contribution in [0.2, 0.25) is 0 Å². The van der Waals surface area contributed by atoms with Gasteiger partial charge in [-0.2, -0.15) is 0 Å². The Labute approximate surface area is 138 Å². The number of methoxy groups -OCH3 is 1. The molecule has 3 N–H and O–H groups in total. The number of fused-ring (bicyclic) bond motifs is 1. The van der Waals surface area contributed by atoms with E-state index >= 15 is 0 Å². The number of anilines is 1. The average molecular weight is 317 g/mol. The van der Waals surface area contributed by atoms with E-state index in [9.17, 15) is 4.79 Å². The van der Waals surface area contributed by atoms with Crippen molar-refractivity contribution in [3.05, 3.63) is 29.8 Å². The molecule has 0 saturated carbocycles. The molecular formula is C18H27N3O2. The van der Waals surface area contributed by atoms with Gasteiger partial charge in [-0.15, -0.1) is 0 Å². The van der Waals surface area contributed by atoms with Crippen LogP contribution in [-0.4, -0.2) is 24.6 Å². The number of ether oxygens (including phenoxy) is 1. The topological polar surface area (TPSA) is 67.6 Å². The first-order valence-corrected chi connectivity index (χ1v) is 7.91. The van der Waals surface area contributed by atoms with Gasteiger partial charge in [0.25, 0.3) is 5.91 Å². The van der Waals surface area contributed by atoms with Crippen LogP contribution >= 0.6 is 0 Å². The minimum Gasteiger partial charge on any atom is -0.495 e. The Kier molecular flexibility index (Phi) is 4.71. The van der Waals surface area contributed by atoms with Crippen molar-refractivity contribution in [2.45, 2.75) is 46.2 Å². The van der Waals surface area contributed by atoms with Crippen LogP contribution in [-0.2, 0) is 4.79 Å². The third-order valence-electron chi connectivity index (χ3n) is 4.40. The fraction of sp³-hybridized carbons (Fsp3) is 0.500. The molecule has 0 radical (unpaired) electrons. The molecule has 5 heteroatoms. The molecule has 1 heterocycles. The number of carbonyl (C=O) groups excluding carboxylic acids is 1. The van der Waals surface area contributed by atoms with Crippen molar-refractivity contribution in [2.75, 3.05) is 12.0 Å². The standard InChI is InChI=1S/C18H27N3O2/c1-11(2)15(17(22)20-19)21-16-13(8-7-9-14(16)23-6)12(3)10-18(21,4)5/h7-11,15H,19H2,1-6H3,(H,20,22). The largest absolute Gasteiger partial charge is 0.495 e. The maximum Gasteiger partial charge on any atom is 0.256 e. The second-order valence-electron chi connectivity index (χ2n) is 6.90. The summed E-state index contributed by atoms with van der Waals surface area (Å²) in [6, 6.07) is 5.57. The number of allylic oxidation sites excluding steroid dienone is 1. The summed E-state index contributed by atoms with van der Waals surface area (Å²) >= 11 is 0. The van der Waals surface area contributed by atoms with Crippen LogP contribution in [0.25, 0.3) is 5.57 Å². The van der Waals surface area contributed by atoms with Gasteiger partial charge >= 0.3 is 0 Å². The molecule has 0 saturated heterocycles. The van der Waals surface area contributed by atoms with Gasteiger partial charge in [-0.25, -0.2) is 5.84 Å². The fourth-order valence-electron chi connectivity index (χ4n) is 3.52. The molecule has 1 atom stereocenters. The summed E-state index contributed by atoms with van der Waals surface area (Å²) in [5.41, 5.74) is 5.18. The van der Waals surface area contributed by atoms with Crippen LogP contribution in [0.4, 0.5) is 5.69 Å². The molecule has 1 aliphatic heterocycles. The van der Waals surface area contributed by atoms with Crippen molar-refractivity contribution in [2.24, 2.45) is 11.8 Å². The van der Waals surface area contributed by atoms with Crippen LogP contribution in [0.5, 0.6) is 5.75 Å². The number of hydrogen-bond donors (Lipinski definition) is 2. The van der Waals surface area contributed by atoms with Crippen molar-refractivity contribution in [3.63, 3.8) is 0 Å². The molecular weight excluding hydrogens is 290 g/mol. The molecule has 1 aromatic carbocycles. The molecule has 2 rings (SSSR count). The van der Waals surface area contributed by atoms with Crippen LogP contribution in [0.1, 0.15) is 40.2 Å². The Morgan fingerprint density at radius 3 is 2.52 bits per heavy atom. The summed E-state index contributed by atoms with van der Waals surface area (Å²) in [6.45, 7) is 10.3. The highest BCUT2D eigenvalue weighted by molar-refractivity contribution is 5.91. The number of para-hydroxylation sites is 1. The lowest BCUT2D eigenvalue weighted by Crippen LogP contribution is -2.59. The molecule has 0 spiro atoms. The molecule has 1 amide bonds. The Morgan fingerprint density at radius 1 is 1.35 bits per heavy atom. The van der Waals surface area contributed by atoms with E-state index in [1.807, 2.05) is 26.0 Å². The lowest BCUT2D eigenvalue weighted by atomic mass is 9.84. The van der Waals surface area contributed by atoms with E-state index in [-0.39, 0.29) is 17.4 Å². The van der Waals surface area contributed by atoms with Gasteiger partial charge in [-0.3, -0.25) is 10.2 Å². The van der Waals surface area contributed by atoms with Crippen molar-refractivity contribution < 1.29 is 9.53 Å². The summed E-state index contributed by atoms with van der Waals surface area (Å²) in [6.07, 6.45) is 2.19. The normalized spacial score (nSPS) is 17.4. The number of rotatable bonds is 4. The van der Waals surface area contributed by atoms with E-state index in [1.165, 1.54) is 5.57 Å². The highest BCUT2D eigenvalue weighted by Crippen LogP contribution is 2.46. The second kappa shape index (κ2) is 6.24. The van der Waals surface area contributed by atoms with Gasteiger partial charge < -0.3 is 9.64 Å². The van der Waals surface area contributed by atoms with E-state index in [2.05, 4.69) is 43.2 Å². The smallest absolute Gasteiger partial charge is 0.256 e. The van der Waals surface area contributed by atoms with Crippen LogP contribution < -0.4 is 20.9 Å². The van der Waals surface area contributed by atoms with Gasteiger partial charge in [0.1, 0.15) is 11.8 Å². The summed E-state index contributed by atoms with van der Waals surface area (Å²) in [7, 11) is 1.65. The minimum absolute atomic E-state index is 0.0855. The SMILES string of the molecule is COc1cccc2c1N(C(C(=O)NN)C(C)C)C(C)(C)C=C2C. The molecule has 5 nitrogen and oxygen atoms in total. The maximum absolute atomic E-state index is 12.5. The number of nitrogens with two attached hydrogens (primary N) is 1. The van der Waals surface area contributed by atoms with Crippen molar-refractivity contribution in [1.29, 1.82) is 0 Å². The third-order valence-corrected chi connectivity index (χ3v) is 4.40. The summed E-state index contributed by atoms with van der Waals surface area (Å²) in [4.78, 5) is 14.6. The molecule has 1 unspecified atom stereocenters. The van der Waals surface area contributed by atoms with Gasteiger partial charge in [-0.1, -0.05) is 32.1 Å². The van der Waals surface area contributed by atoms with Crippen LogP contribution in [0.15, 0.2) is 24.3 Å². The van der Waals surface area contributed by atoms with E-state index < -0.39 is 6.04 Å². The van der Waals surface area contributed by atoms with Gasteiger partial charge in [0.05, 0.1) is 18.3 Å². The Bertz CT molecular complexity index is 635. The molecule has 1 aromatic rings. The zero-order valence-electron chi connectivity index (χ0n) is 14.8. The Balaban J connectivity index is 2.74. The molecule has 0 aromatic heterocycles. The van der Waals surface area contributed by atoms with E-state index in [0.29, 0.717) is 0 Å². The number of carbonyl (C=O) groups is 1. The number of amides is 1. The quantitative estimate of drug-likeness (QED) is 0.509. The lowest BCUT2D eigenvalue weighted by molar-refractivity contribution is -0.123. The fourth-order valence-corrected chi connectivity index (χ4v) is 3.52. The lowest BCUT2D eigenvalue weighted by Gasteiger charge is -2.48. The van der Waals surface area contributed by atoms with Crippen molar-refractivity contribution in [1.82, 2.24) is 5.43 Å². The van der Waals surface area contributed by atoms with E-state index in [4.69, 9.17) is 10.6 Å². The Hall–Kier alpha value is -2.01. The Morgan fingerprint density at radius 2 is 2.00 bits per heavy atom. The zero-order valence-corrected chi connectivity index (χ0v) is 14.8. The summed E-state index contributed by atoms with van der Waals surface area (Å²) < 4.78 is 5.60. The highest BCUT2D eigenvalue weighted by Gasteiger charge is 2.42. The first kappa shape index (κ1) is 17.3. The first-order valence-electron chi connectivity index (χ1n) is 7.91. The van der Waals surface area contributed by atoms with Crippen LogP contribution in [0, 0.1) is 5.92 Å². The van der Waals surface area contributed by atoms with Gasteiger partial charge in [0.15, 0.2) is 0 Å². The van der Waals surface area contributed by atoms with Gasteiger partial charge in [0, 0.05) is 5.56 Å². The first-order chi connectivity index (χ1) is 10.7. The molecule has 23 heavy (non-hydrogen) atoms. The van der Waals surface area contributed by atoms with Crippen LogP contribution in [0.3, 0.4) is 0 Å². The number of nitrogens with one attached hydrogen (secondary N) is 1. The second-order valence-corrected chi connectivity index (χ2v) is 6.90. The predicted octanol–water partition coefficient (Wildman–Crippen LogP) is 2.71. The summed E-state index contributed by atoms with van der Waals surface area (Å²) in [5.74, 6) is 6.10. The molecule has 1 aliphatic rings. The highest BCUT2D eigenvalue weighted by atomic mass is 16.5. The van der Waals surface area contributed by atoms with E-state index in [1.54, 1.807) is 7.11 Å². The molecule has 0 bridgehead atoms. The third kappa shape index (κ3) is 2.93. The number of benzene rings is 1. The van der Waals surface area contributed by atoms with Gasteiger partial charge in [-0.05, 0) is 38.3 Å². The molecule has 126 valence electrons. The number of nitrogens with zero attached hydrogens (tertiary/aromatic N) is 1. The van der Waals surface area contributed by atoms with E-state index in [0.717, 1.165) is 17.0 Å². The zero-order chi connectivity index (χ0) is 17.4. The van der Waals surface area contributed by atoms with Gasteiger partial charge in [0.2, 0.25) is 0 Å². The van der Waals surface area contributed by atoms with Crippen molar-refractivity contribution in [3.8, 4) is 5.75 Å². The molecule has 0 aliphatic carbocycles. The monoisotopic (exact) mass is 317 g/mol. The average Bonchev–Trinajstić information content (AvgIpc) is 2.49. The number of hydrogen-bond acceptors (Lipinski definition) is 4.